The monoisotopic (exact) mass is 581 g/mol. The summed E-state index contributed by atoms with van der Waals surface area (Å²) in [7, 11) is 0. The van der Waals surface area contributed by atoms with Gasteiger partial charge in [0.2, 0.25) is 0 Å². The Morgan fingerprint density at radius 1 is 0.378 bits per heavy atom. The molecule has 0 fully saturated rings. The van der Waals surface area contributed by atoms with E-state index in [-0.39, 0.29) is 10.9 Å². The van der Waals surface area contributed by atoms with Crippen LogP contribution in [0.3, 0.4) is 0 Å². The minimum Gasteiger partial charge on any atom is -0.307 e. The van der Waals surface area contributed by atoms with Gasteiger partial charge in [-0.05, 0) is 72.8 Å². The number of pyridine rings is 2. The fourth-order valence-electron chi connectivity index (χ4n) is 6.52. The molecule has 0 aliphatic rings. The highest BCUT2D eigenvalue weighted by Crippen LogP contribution is 2.33. The van der Waals surface area contributed by atoms with Crippen molar-refractivity contribution >= 4 is 54.6 Å². The largest absolute Gasteiger partial charge is 0.307 e. The molecule has 0 saturated heterocycles. The zero-order valence-electron chi connectivity index (χ0n) is 23.8. The number of hydrogen-bond donors (Lipinski definition) is 0. The molecular weight excluding hydrogens is 558 g/mol. The highest BCUT2D eigenvalue weighted by Gasteiger charge is 2.21. The Morgan fingerprint density at radius 2 is 0.711 bits per heavy atom. The molecule has 0 radical (unpaired) electrons. The van der Waals surface area contributed by atoms with Gasteiger partial charge in [0.15, 0.2) is 10.9 Å². The van der Waals surface area contributed by atoms with Gasteiger partial charge in [0.05, 0.1) is 39.1 Å². The van der Waals surface area contributed by atoms with Gasteiger partial charge in [-0.2, -0.15) is 4.80 Å². The van der Waals surface area contributed by atoms with Crippen LogP contribution in [0, 0.1) is 0 Å². The van der Waals surface area contributed by atoms with Crippen molar-refractivity contribution in [2.24, 2.45) is 0 Å². The van der Waals surface area contributed by atoms with Gasteiger partial charge in [0, 0.05) is 21.5 Å². The van der Waals surface area contributed by atoms with E-state index < -0.39 is 0 Å². The third-order valence-corrected chi connectivity index (χ3v) is 8.53. The zero-order valence-corrected chi connectivity index (χ0v) is 23.8. The number of hydrogen-bond acceptors (Lipinski definition) is 4. The van der Waals surface area contributed by atoms with Gasteiger partial charge in [-0.25, -0.2) is 0 Å². The van der Waals surface area contributed by atoms with Crippen molar-refractivity contribution in [3.8, 4) is 17.1 Å². The highest BCUT2D eigenvalue weighted by molar-refractivity contribution is 6.02. The summed E-state index contributed by atoms with van der Waals surface area (Å²) in [6.07, 6.45) is 0. The Labute approximate surface area is 255 Å². The quantitative estimate of drug-likeness (QED) is 0.205. The van der Waals surface area contributed by atoms with Crippen molar-refractivity contribution in [2.45, 2.75) is 0 Å². The number of aromatic nitrogens is 5. The minimum absolute atomic E-state index is 0.00977. The summed E-state index contributed by atoms with van der Waals surface area (Å²) in [6, 6.07) is 44.5. The molecule has 3 heterocycles. The van der Waals surface area contributed by atoms with Crippen LogP contribution in [0.5, 0.6) is 0 Å². The Balaban J connectivity index is 1.47. The predicted octanol–water partition coefficient (Wildman–Crippen LogP) is 7.34. The van der Waals surface area contributed by atoms with E-state index in [1.807, 2.05) is 140 Å². The van der Waals surface area contributed by atoms with E-state index in [0.717, 1.165) is 39.1 Å². The van der Waals surface area contributed by atoms with Gasteiger partial charge in [-0.15, -0.1) is 10.2 Å². The van der Waals surface area contributed by atoms with Gasteiger partial charge < -0.3 is 9.13 Å². The molecule has 0 bridgehead atoms. The second-order valence-corrected chi connectivity index (χ2v) is 11.0. The molecule has 0 aliphatic carbocycles. The lowest BCUT2D eigenvalue weighted by Crippen LogP contribution is -2.12. The summed E-state index contributed by atoms with van der Waals surface area (Å²) in [5, 5.41) is 12.7. The molecular formula is C38H23N5O2. The van der Waals surface area contributed by atoms with Crippen LogP contribution in [-0.2, 0) is 0 Å². The lowest BCUT2D eigenvalue weighted by molar-refractivity contribution is 0.765. The van der Waals surface area contributed by atoms with E-state index >= 15 is 0 Å². The van der Waals surface area contributed by atoms with Crippen molar-refractivity contribution in [1.82, 2.24) is 24.1 Å². The molecule has 212 valence electrons. The molecule has 7 nitrogen and oxygen atoms in total. The molecule has 9 aromatic rings. The van der Waals surface area contributed by atoms with Crippen LogP contribution in [0.15, 0.2) is 149 Å². The van der Waals surface area contributed by atoms with E-state index in [1.165, 1.54) is 0 Å². The SMILES string of the molecule is O=c1c2ccccc2n(-c2ccc(-n3c4ccccc4c(=O)c4ccccc43)c3nn(-c4ccccc4)nc23)c2ccccc12. The standard InChI is InChI=1S/C38H23N5O2/c44-37-25-14-4-8-18-29(25)41(30-19-9-5-15-26(30)37)33-22-23-34(36-35(33)39-43(40-36)24-12-2-1-3-13-24)42-31-20-10-6-16-27(31)38(45)28-17-7-11-21-32(28)42/h1-23H. The van der Waals surface area contributed by atoms with E-state index in [0.29, 0.717) is 32.6 Å². The van der Waals surface area contributed by atoms with Gasteiger partial charge in [-0.3, -0.25) is 9.59 Å². The first-order chi connectivity index (χ1) is 22.2. The molecule has 3 aromatic heterocycles. The number of fused-ring (bicyclic) bond motifs is 5. The summed E-state index contributed by atoms with van der Waals surface area (Å²) in [5.74, 6) is 0. The topological polar surface area (TPSA) is 74.7 Å². The third-order valence-electron chi connectivity index (χ3n) is 8.53. The van der Waals surface area contributed by atoms with Crippen LogP contribution in [0.1, 0.15) is 0 Å². The van der Waals surface area contributed by atoms with Crippen molar-refractivity contribution in [3.05, 3.63) is 160 Å². The fourth-order valence-corrected chi connectivity index (χ4v) is 6.52. The second kappa shape index (κ2) is 9.59. The average molecular weight is 582 g/mol. The first-order valence-electron chi connectivity index (χ1n) is 14.7. The number of nitrogens with zero attached hydrogens (tertiary/aromatic N) is 5. The lowest BCUT2D eigenvalue weighted by Gasteiger charge is -2.18. The van der Waals surface area contributed by atoms with Crippen molar-refractivity contribution in [1.29, 1.82) is 0 Å². The van der Waals surface area contributed by atoms with Crippen LogP contribution < -0.4 is 10.9 Å². The molecule has 6 aromatic carbocycles. The van der Waals surface area contributed by atoms with E-state index in [4.69, 9.17) is 10.2 Å². The van der Waals surface area contributed by atoms with Gasteiger partial charge >= 0.3 is 0 Å². The molecule has 0 unspecified atom stereocenters. The summed E-state index contributed by atoms with van der Waals surface area (Å²) in [5.41, 5.74) is 6.81. The first kappa shape index (κ1) is 25.2. The molecule has 7 heteroatoms. The Morgan fingerprint density at radius 3 is 1.09 bits per heavy atom. The summed E-state index contributed by atoms with van der Waals surface area (Å²) < 4.78 is 4.20. The van der Waals surface area contributed by atoms with Crippen molar-refractivity contribution in [2.75, 3.05) is 0 Å². The average Bonchev–Trinajstić information content (AvgIpc) is 3.56. The zero-order chi connectivity index (χ0) is 30.1. The fraction of sp³-hybridized carbons (Fsp3) is 0. The second-order valence-electron chi connectivity index (χ2n) is 11.0. The first-order valence-corrected chi connectivity index (χ1v) is 14.7. The van der Waals surface area contributed by atoms with Crippen LogP contribution in [0.4, 0.5) is 0 Å². The maximum Gasteiger partial charge on any atom is 0.197 e. The maximum absolute atomic E-state index is 13.6. The maximum atomic E-state index is 13.6. The molecule has 0 N–H and O–H groups in total. The molecule has 0 aliphatic heterocycles. The van der Waals surface area contributed by atoms with E-state index in [2.05, 4.69) is 9.13 Å². The molecule has 0 atom stereocenters. The highest BCUT2D eigenvalue weighted by atomic mass is 16.1. The summed E-state index contributed by atoms with van der Waals surface area (Å²) in [4.78, 5) is 28.8. The smallest absolute Gasteiger partial charge is 0.197 e. The predicted molar refractivity (Wildman–Crippen MR) is 180 cm³/mol. The Bertz CT molecular complexity index is 2470. The summed E-state index contributed by atoms with van der Waals surface area (Å²) >= 11 is 0. The van der Waals surface area contributed by atoms with Crippen LogP contribution in [0.25, 0.3) is 71.7 Å². The summed E-state index contributed by atoms with van der Waals surface area (Å²) in [6.45, 7) is 0. The van der Waals surface area contributed by atoms with Crippen molar-refractivity contribution in [3.63, 3.8) is 0 Å². The third kappa shape index (κ3) is 3.64. The van der Waals surface area contributed by atoms with Gasteiger partial charge in [-0.1, -0.05) is 66.7 Å². The van der Waals surface area contributed by atoms with E-state index in [9.17, 15) is 9.59 Å². The lowest BCUT2D eigenvalue weighted by atomic mass is 10.1. The number of rotatable bonds is 3. The number of para-hydroxylation sites is 5. The van der Waals surface area contributed by atoms with Crippen molar-refractivity contribution < 1.29 is 0 Å². The minimum atomic E-state index is -0.00977. The van der Waals surface area contributed by atoms with Crippen LogP contribution in [-0.4, -0.2) is 24.1 Å². The molecule has 45 heavy (non-hydrogen) atoms. The van der Waals surface area contributed by atoms with E-state index in [1.54, 1.807) is 4.80 Å². The Kier molecular flexibility index (Phi) is 5.37. The molecule has 9 rings (SSSR count). The molecule has 0 spiro atoms. The normalized spacial score (nSPS) is 11.7. The Hall–Kier alpha value is -6.34. The molecule has 0 amide bonds. The van der Waals surface area contributed by atoms with Gasteiger partial charge in [0.25, 0.3) is 0 Å². The molecule has 0 saturated carbocycles. The number of benzene rings is 6. The van der Waals surface area contributed by atoms with Gasteiger partial charge in [0.1, 0.15) is 11.0 Å². The van der Waals surface area contributed by atoms with Crippen LogP contribution >= 0.6 is 0 Å². The van der Waals surface area contributed by atoms with Crippen LogP contribution in [0.2, 0.25) is 0 Å².